The number of halogens is 9. The molecule has 2 aromatic carbocycles. The monoisotopic (exact) mass is 718 g/mol. The summed E-state index contributed by atoms with van der Waals surface area (Å²) in [6, 6.07) is 8.75. The summed E-state index contributed by atoms with van der Waals surface area (Å²) < 4.78 is 11.4. The molecule has 1 saturated heterocycles. The number of hydrazine groups is 1. The number of Topliss-reactive ketones (excluding diaryl/α,β-unsaturated/α-hetero) is 1. The Morgan fingerprint density at radius 1 is 0.878 bits per heavy atom. The number of nitrogens with zero attached hydrogens (tertiary/aromatic N) is 2. The van der Waals surface area contributed by atoms with Gasteiger partial charge in [0.15, 0.2) is 10.1 Å². The third-order valence-corrected chi connectivity index (χ3v) is 12.3. The first-order valence-electron chi connectivity index (χ1n) is 11.8. The quantitative estimate of drug-likeness (QED) is 0.173. The largest absolute Gasteiger partial charge is 0.292 e. The molecule has 1 saturated carbocycles. The van der Waals surface area contributed by atoms with E-state index in [-0.39, 0.29) is 38.5 Å². The van der Waals surface area contributed by atoms with Crippen molar-refractivity contribution in [2.75, 3.05) is 5.88 Å². The van der Waals surface area contributed by atoms with Crippen LogP contribution in [0.25, 0.3) is 0 Å². The van der Waals surface area contributed by atoms with Gasteiger partial charge in [-0.1, -0.05) is 70.1 Å². The third-order valence-electron chi connectivity index (χ3n) is 7.52. The smallest absolute Gasteiger partial charge is 0.275 e. The van der Waals surface area contributed by atoms with E-state index in [0.717, 1.165) is 12.1 Å². The Kier molecular flexibility index (Phi) is 8.13. The highest BCUT2D eigenvalue weighted by Gasteiger charge is 2.88. The fourth-order valence-electron chi connectivity index (χ4n) is 5.60. The number of carbonyl (C=O) groups is 4. The minimum absolute atomic E-state index is 0.0197. The number of hydrogen-bond donors (Lipinski definition) is 0. The maximum atomic E-state index is 14.1. The normalized spacial score (nSPS) is 28.8. The molecule has 3 aliphatic rings. The molecule has 0 unspecified atom stereocenters. The van der Waals surface area contributed by atoms with Gasteiger partial charge in [0.2, 0.25) is 0 Å². The van der Waals surface area contributed by atoms with Gasteiger partial charge in [0.25, 0.3) is 17.7 Å². The highest BCUT2D eigenvalue weighted by Crippen LogP contribution is 2.77. The lowest BCUT2D eigenvalue weighted by Crippen LogP contribution is -2.60. The second kappa shape index (κ2) is 10.7. The van der Waals surface area contributed by atoms with Gasteiger partial charge in [0.1, 0.15) is 21.6 Å². The third kappa shape index (κ3) is 4.11. The Morgan fingerprint density at radius 3 is 1.88 bits per heavy atom. The van der Waals surface area contributed by atoms with Gasteiger partial charge in [-0.05, 0) is 42.8 Å². The molecule has 41 heavy (non-hydrogen) atoms. The molecular formula is C26H15Cl8FN2O4. The minimum atomic E-state index is -2.21. The molecule has 0 radical (unpaired) electrons. The van der Waals surface area contributed by atoms with Crippen molar-refractivity contribution in [2.24, 2.45) is 11.8 Å². The number of ketones is 1. The van der Waals surface area contributed by atoms with Crippen LogP contribution in [-0.2, 0) is 9.59 Å². The molecule has 0 spiro atoms. The SMILES string of the molecule is O=C(c1ccc(F)cc1)[C@@H](CCCl)N(C(=O)c1ccccc1Cl)N1C(=O)[C@@H]2[C@H](C1=O)[C@@]1(Cl)C(Cl)=C(Cl)[C@@]2(Cl)C1(Cl)Cl. The van der Waals surface area contributed by atoms with Crippen LogP contribution in [0.5, 0.6) is 0 Å². The summed E-state index contributed by atoms with van der Waals surface area (Å²) in [6.07, 6.45) is -0.229. The fraction of sp³-hybridized carbons (Fsp3) is 0.308. The van der Waals surface area contributed by atoms with E-state index in [1.54, 1.807) is 6.07 Å². The van der Waals surface area contributed by atoms with Gasteiger partial charge in [-0.25, -0.2) is 9.40 Å². The molecule has 216 valence electrons. The van der Waals surface area contributed by atoms with Gasteiger partial charge < -0.3 is 0 Å². The zero-order valence-electron chi connectivity index (χ0n) is 20.2. The maximum absolute atomic E-state index is 14.1. The molecule has 15 heteroatoms. The van der Waals surface area contributed by atoms with E-state index < -0.39 is 61.3 Å². The Balaban J connectivity index is 1.69. The van der Waals surface area contributed by atoms with Crippen molar-refractivity contribution in [1.29, 1.82) is 0 Å². The number of allylic oxidation sites excluding steroid dienone is 2. The van der Waals surface area contributed by atoms with Crippen LogP contribution in [0.15, 0.2) is 58.6 Å². The van der Waals surface area contributed by atoms with E-state index in [4.69, 9.17) is 92.8 Å². The Bertz CT molecular complexity index is 1490. The lowest BCUT2D eigenvalue weighted by molar-refractivity contribution is -0.157. The van der Waals surface area contributed by atoms with E-state index in [2.05, 4.69) is 0 Å². The molecule has 2 aromatic rings. The van der Waals surface area contributed by atoms with Crippen molar-refractivity contribution in [3.63, 3.8) is 0 Å². The zero-order valence-corrected chi connectivity index (χ0v) is 26.2. The van der Waals surface area contributed by atoms with Crippen LogP contribution in [0, 0.1) is 17.7 Å². The highest BCUT2D eigenvalue weighted by molar-refractivity contribution is 6.66. The average Bonchev–Trinajstić information content (AvgIpc) is 3.32. The summed E-state index contributed by atoms with van der Waals surface area (Å²) in [7, 11) is 0. The van der Waals surface area contributed by atoms with Crippen LogP contribution in [-0.4, -0.2) is 59.5 Å². The molecule has 2 fully saturated rings. The Hall–Kier alpha value is -1.29. The predicted molar refractivity (Wildman–Crippen MR) is 157 cm³/mol. The maximum Gasteiger partial charge on any atom is 0.275 e. The number of benzene rings is 2. The second-order valence-corrected chi connectivity index (χ2v) is 13.6. The number of carbonyl (C=O) groups excluding carboxylic acids is 4. The zero-order chi connectivity index (χ0) is 30.2. The first-order valence-corrected chi connectivity index (χ1v) is 15.0. The Labute approximate surface area is 273 Å². The van der Waals surface area contributed by atoms with Crippen molar-refractivity contribution < 1.29 is 23.6 Å². The van der Waals surface area contributed by atoms with E-state index >= 15 is 0 Å². The van der Waals surface area contributed by atoms with Crippen molar-refractivity contribution in [1.82, 2.24) is 10.0 Å². The first kappa shape index (κ1) is 31.1. The molecule has 2 aliphatic carbocycles. The van der Waals surface area contributed by atoms with Crippen molar-refractivity contribution >= 4 is 116 Å². The van der Waals surface area contributed by atoms with Gasteiger partial charge in [0.05, 0.1) is 32.5 Å². The molecular weight excluding hydrogens is 707 g/mol. The van der Waals surface area contributed by atoms with Crippen LogP contribution in [0.1, 0.15) is 27.1 Å². The molecule has 5 atom stereocenters. The molecule has 2 bridgehead atoms. The predicted octanol–water partition coefficient (Wildman–Crippen LogP) is 7.16. The van der Waals surface area contributed by atoms with Gasteiger partial charge in [-0.3, -0.25) is 19.2 Å². The molecule has 1 heterocycles. The molecule has 5 rings (SSSR count). The number of rotatable bonds is 7. The number of fused-ring (bicyclic) bond motifs is 5. The number of alkyl halides is 5. The van der Waals surface area contributed by atoms with Gasteiger partial charge >= 0.3 is 0 Å². The fourth-order valence-corrected chi connectivity index (χ4v) is 8.95. The number of amides is 3. The van der Waals surface area contributed by atoms with Crippen LogP contribution >= 0.6 is 92.8 Å². The molecule has 6 nitrogen and oxygen atoms in total. The van der Waals surface area contributed by atoms with E-state index in [9.17, 15) is 23.6 Å². The molecule has 0 aromatic heterocycles. The lowest BCUT2D eigenvalue weighted by Gasteiger charge is -2.39. The second-order valence-electron chi connectivity index (χ2n) is 9.56. The van der Waals surface area contributed by atoms with Crippen LogP contribution in [0.4, 0.5) is 4.39 Å². The number of imide groups is 1. The molecule has 1 aliphatic heterocycles. The summed E-state index contributed by atoms with van der Waals surface area (Å²) >= 11 is 51.9. The summed E-state index contributed by atoms with van der Waals surface area (Å²) in [5.74, 6) is -7.79. The summed E-state index contributed by atoms with van der Waals surface area (Å²) in [4.78, 5) is 51.9. The van der Waals surface area contributed by atoms with Crippen LogP contribution < -0.4 is 0 Å². The topological polar surface area (TPSA) is 74.8 Å². The van der Waals surface area contributed by atoms with Crippen molar-refractivity contribution in [2.45, 2.75) is 26.5 Å². The van der Waals surface area contributed by atoms with E-state index in [0.29, 0.717) is 10.0 Å². The van der Waals surface area contributed by atoms with E-state index in [1.807, 2.05) is 0 Å². The lowest BCUT2D eigenvalue weighted by atomic mass is 9.84. The summed E-state index contributed by atoms with van der Waals surface area (Å²) in [6.45, 7) is 0. The van der Waals surface area contributed by atoms with E-state index in [1.165, 1.54) is 30.3 Å². The summed E-state index contributed by atoms with van der Waals surface area (Å²) in [5, 5.41) is 0.472. The van der Waals surface area contributed by atoms with Gasteiger partial charge in [0, 0.05) is 11.4 Å². The van der Waals surface area contributed by atoms with Crippen LogP contribution in [0.3, 0.4) is 0 Å². The number of hydrogen-bond acceptors (Lipinski definition) is 4. The standard InChI is InChI=1S/C26H15Cl8FN2O4/c27-10-9-15(18(38)11-5-7-12(35)8-6-11)36(21(39)13-3-1-2-4-14(13)28)37-22(40)16-17(23(37)41)25(32)20(30)19(29)24(16,31)26(25,33)34/h1-8,15-17H,9-10H2/t15-,16-,17+,24-,25-/m1/s1. The average molecular weight is 722 g/mol. The van der Waals surface area contributed by atoms with Crippen molar-refractivity contribution in [3.8, 4) is 0 Å². The first-order chi connectivity index (χ1) is 19.2. The summed E-state index contributed by atoms with van der Waals surface area (Å²) in [5.41, 5.74) is -0.158. The minimum Gasteiger partial charge on any atom is -0.292 e. The van der Waals surface area contributed by atoms with Crippen molar-refractivity contribution in [3.05, 3.63) is 80.6 Å². The molecule has 3 amide bonds. The molecule has 0 N–H and O–H groups in total. The highest BCUT2D eigenvalue weighted by atomic mass is 35.5. The van der Waals surface area contributed by atoms with Crippen LogP contribution in [0.2, 0.25) is 5.02 Å². The van der Waals surface area contributed by atoms with Gasteiger partial charge in [-0.15, -0.1) is 34.8 Å². The Morgan fingerprint density at radius 2 is 1.39 bits per heavy atom. The van der Waals surface area contributed by atoms with Gasteiger partial charge in [-0.2, -0.15) is 5.01 Å².